The minimum Gasteiger partial charge on any atom is -0.504 e. The lowest BCUT2D eigenvalue weighted by Crippen LogP contribution is -2.18. The predicted octanol–water partition coefficient (Wildman–Crippen LogP) is 1.18. The summed E-state index contributed by atoms with van der Waals surface area (Å²) in [6, 6.07) is 4.80. The Kier molecular flexibility index (Phi) is 2.37. The maximum atomic E-state index is 10.8. The van der Waals surface area contributed by atoms with E-state index in [9.17, 15) is 9.90 Å². The molecule has 1 amide bonds. The van der Waals surface area contributed by atoms with Crippen LogP contribution in [0.5, 0.6) is 11.5 Å². The van der Waals surface area contributed by atoms with Gasteiger partial charge in [0.15, 0.2) is 11.5 Å². The van der Waals surface area contributed by atoms with Crippen molar-refractivity contribution in [3.8, 4) is 11.5 Å². The second-order valence-electron chi connectivity index (χ2n) is 3.19. The summed E-state index contributed by atoms with van der Waals surface area (Å²) < 4.78 is 9.71. The molecule has 0 bridgehead atoms. The van der Waals surface area contributed by atoms with E-state index in [1.807, 2.05) is 0 Å². The van der Waals surface area contributed by atoms with E-state index in [0.29, 0.717) is 11.3 Å². The molecule has 0 saturated carbocycles. The Bertz CT molecular complexity index is 391. The molecule has 2 rings (SSSR count). The van der Waals surface area contributed by atoms with E-state index in [2.05, 4.69) is 5.32 Å². The fourth-order valence-corrected chi connectivity index (χ4v) is 1.54. The second-order valence-corrected chi connectivity index (χ2v) is 3.19. The van der Waals surface area contributed by atoms with Crippen LogP contribution in [0, 0.1) is 0 Å². The molecule has 1 aliphatic heterocycles. The van der Waals surface area contributed by atoms with Crippen molar-refractivity contribution in [1.82, 2.24) is 5.32 Å². The summed E-state index contributed by atoms with van der Waals surface area (Å²) in [5.74, 6) is 0.421. The quantitative estimate of drug-likeness (QED) is 0.767. The molecule has 0 spiro atoms. The number of alkyl carbamates (subject to hydrolysis) is 1. The standard InChI is InChI=1S/C10H11NO4/c1-14-8-4-2-3-6(9(8)12)7-5-15-10(13)11-7/h2-4,7,12H,5H2,1H3,(H,11,13)/t7-/m1/s1. The van der Waals surface area contributed by atoms with E-state index in [1.165, 1.54) is 7.11 Å². The molecule has 1 fully saturated rings. The van der Waals surface area contributed by atoms with Gasteiger partial charge in [-0.3, -0.25) is 0 Å². The number of benzene rings is 1. The van der Waals surface area contributed by atoms with E-state index >= 15 is 0 Å². The zero-order chi connectivity index (χ0) is 10.8. The molecule has 1 aromatic rings. The molecule has 5 nitrogen and oxygen atoms in total. The molecular formula is C10H11NO4. The minimum atomic E-state index is -0.470. The van der Waals surface area contributed by atoms with E-state index in [1.54, 1.807) is 18.2 Å². The van der Waals surface area contributed by atoms with Gasteiger partial charge in [-0.1, -0.05) is 12.1 Å². The van der Waals surface area contributed by atoms with Crippen molar-refractivity contribution in [3.63, 3.8) is 0 Å². The van der Waals surface area contributed by atoms with Gasteiger partial charge in [-0.05, 0) is 6.07 Å². The van der Waals surface area contributed by atoms with E-state index in [-0.39, 0.29) is 18.4 Å². The molecule has 0 aromatic heterocycles. The minimum absolute atomic E-state index is 0.0378. The highest BCUT2D eigenvalue weighted by Gasteiger charge is 2.26. The number of amides is 1. The van der Waals surface area contributed by atoms with E-state index < -0.39 is 6.09 Å². The molecule has 1 heterocycles. The van der Waals surface area contributed by atoms with Gasteiger partial charge in [-0.15, -0.1) is 0 Å². The van der Waals surface area contributed by atoms with Crippen molar-refractivity contribution < 1.29 is 19.4 Å². The number of carbonyl (C=O) groups is 1. The molecule has 0 radical (unpaired) electrons. The fourth-order valence-electron chi connectivity index (χ4n) is 1.54. The third-order valence-electron chi connectivity index (χ3n) is 2.30. The molecule has 1 aliphatic rings. The maximum Gasteiger partial charge on any atom is 0.407 e. The average molecular weight is 209 g/mol. The predicted molar refractivity (Wildman–Crippen MR) is 51.9 cm³/mol. The third-order valence-corrected chi connectivity index (χ3v) is 2.30. The SMILES string of the molecule is COc1cccc([C@H]2COC(=O)N2)c1O. The largest absolute Gasteiger partial charge is 0.504 e. The molecule has 2 N–H and O–H groups in total. The number of phenols is 1. The molecule has 15 heavy (non-hydrogen) atoms. The summed E-state index contributed by atoms with van der Waals surface area (Å²) in [5, 5.41) is 12.4. The zero-order valence-electron chi connectivity index (χ0n) is 8.19. The first kappa shape index (κ1) is 9.64. The van der Waals surface area contributed by atoms with Gasteiger partial charge in [0.2, 0.25) is 0 Å². The van der Waals surface area contributed by atoms with Crippen molar-refractivity contribution in [2.24, 2.45) is 0 Å². The number of para-hydroxylation sites is 1. The van der Waals surface area contributed by atoms with Gasteiger partial charge in [0.05, 0.1) is 13.2 Å². The number of carbonyl (C=O) groups excluding carboxylic acids is 1. The number of ether oxygens (including phenoxy) is 2. The van der Waals surface area contributed by atoms with Crippen LogP contribution in [0.1, 0.15) is 11.6 Å². The maximum absolute atomic E-state index is 10.8. The lowest BCUT2D eigenvalue weighted by Gasteiger charge is -2.12. The van der Waals surface area contributed by atoms with Gasteiger partial charge in [-0.2, -0.15) is 0 Å². The van der Waals surface area contributed by atoms with Crippen molar-refractivity contribution in [2.75, 3.05) is 13.7 Å². The Hall–Kier alpha value is -1.91. The van der Waals surface area contributed by atoms with Crippen LogP contribution in [0.25, 0.3) is 0 Å². The van der Waals surface area contributed by atoms with Crippen LogP contribution in [0.2, 0.25) is 0 Å². The van der Waals surface area contributed by atoms with Gasteiger partial charge >= 0.3 is 6.09 Å². The van der Waals surface area contributed by atoms with Gasteiger partial charge in [-0.25, -0.2) is 4.79 Å². The summed E-state index contributed by atoms with van der Waals surface area (Å²) in [5.41, 5.74) is 0.597. The van der Waals surface area contributed by atoms with Gasteiger partial charge in [0.1, 0.15) is 6.61 Å². The van der Waals surface area contributed by atoms with Gasteiger partial charge in [0, 0.05) is 5.56 Å². The second kappa shape index (κ2) is 3.68. The van der Waals surface area contributed by atoms with Gasteiger partial charge < -0.3 is 19.9 Å². The number of hydrogen-bond acceptors (Lipinski definition) is 4. The van der Waals surface area contributed by atoms with Crippen LogP contribution in [-0.4, -0.2) is 24.9 Å². The van der Waals surface area contributed by atoms with Crippen molar-refractivity contribution in [1.29, 1.82) is 0 Å². The molecule has 80 valence electrons. The first-order valence-electron chi connectivity index (χ1n) is 4.51. The Morgan fingerprint density at radius 1 is 1.60 bits per heavy atom. The van der Waals surface area contributed by atoms with Crippen LogP contribution in [0.3, 0.4) is 0 Å². The number of aromatic hydroxyl groups is 1. The number of methoxy groups -OCH3 is 1. The van der Waals surface area contributed by atoms with E-state index in [0.717, 1.165) is 0 Å². The highest BCUT2D eigenvalue weighted by molar-refractivity contribution is 5.70. The Labute approximate surface area is 86.6 Å². The van der Waals surface area contributed by atoms with Crippen molar-refractivity contribution in [3.05, 3.63) is 23.8 Å². The monoisotopic (exact) mass is 209 g/mol. The van der Waals surface area contributed by atoms with Crippen LogP contribution in [0.4, 0.5) is 4.79 Å². The Morgan fingerprint density at radius 2 is 2.40 bits per heavy atom. The molecule has 5 heteroatoms. The molecule has 1 atom stereocenters. The van der Waals surface area contributed by atoms with Crippen LogP contribution in [0.15, 0.2) is 18.2 Å². The number of rotatable bonds is 2. The van der Waals surface area contributed by atoms with E-state index in [4.69, 9.17) is 9.47 Å². The van der Waals surface area contributed by atoms with Crippen molar-refractivity contribution in [2.45, 2.75) is 6.04 Å². The summed E-state index contributed by atoms with van der Waals surface area (Å²) in [7, 11) is 1.47. The van der Waals surface area contributed by atoms with Crippen LogP contribution >= 0.6 is 0 Å². The van der Waals surface area contributed by atoms with Crippen molar-refractivity contribution >= 4 is 6.09 Å². The number of nitrogens with one attached hydrogen (secondary N) is 1. The number of cyclic esters (lactones) is 1. The lowest BCUT2D eigenvalue weighted by molar-refractivity contribution is 0.176. The highest BCUT2D eigenvalue weighted by Crippen LogP contribution is 2.34. The summed E-state index contributed by atoms with van der Waals surface area (Å²) in [4.78, 5) is 10.8. The first-order chi connectivity index (χ1) is 7.22. The molecule has 0 unspecified atom stereocenters. The topological polar surface area (TPSA) is 67.8 Å². The lowest BCUT2D eigenvalue weighted by atomic mass is 10.1. The molecular weight excluding hydrogens is 198 g/mol. The molecule has 1 saturated heterocycles. The summed E-state index contributed by atoms with van der Waals surface area (Å²) in [6.07, 6.45) is -0.470. The van der Waals surface area contributed by atoms with Gasteiger partial charge in [0.25, 0.3) is 0 Å². The number of hydrogen-bond donors (Lipinski definition) is 2. The number of phenolic OH excluding ortho intramolecular Hbond substituents is 1. The fraction of sp³-hybridized carbons (Fsp3) is 0.300. The smallest absolute Gasteiger partial charge is 0.407 e. The zero-order valence-corrected chi connectivity index (χ0v) is 8.19. The highest BCUT2D eigenvalue weighted by atomic mass is 16.6. The molecule has 1 aromatic carbocycles. The third kappa shape index (κ3) is 1.68. The van der Waals surface area contributed by atoms with Crippen LogP contribution < -0.4 is 10.1 Å². The average Bonchev–Trinajstić information content (AvgIpc) is 2.65. The Balaban J connectivity index is 2.32. The first-order valence-corrected chi connectivity index (χ1v) is 4.51. The Morgan fingerprint density at radius 3 is 3.00 bits per heavy atom. The normalized spacial score (nSPS) is 19.5. The summed E-state index contributed by atoms with van der Waals surface area (Å²) >= 11 is 0. The molecule has 0 aliphatic carbocycles. The summed E-state index contributed by atoms with van der Waals surface area (Å²) in [6.45, 7) is 0.222. The van der Waals surface area contributed by atoms with Crippen LogP contribution in [-0.2, 0) is 4.74 Å².